The zero-order chi connectivity index (χ0) is 10.7. The van der Waals surface area contributed by atoms with Crippen LogP contribution in [0.2, 0.25) is 5.02 Å². The lowest BCUT2D eigenvalue weighted by molar-refractivity contribution is 0.373. The van der Waals surface area contributed by atoms with Gasteiger partial charge in [-0.1, -0.05) is 44.5 Å². The molecule has 14 heavy (non-hydrogen) atoms. The van der Waals surface area contributed by atoms with Crippen LogP contribution in [0.1, 0.15) is 39.4 Å². The third-order valence-electron chi connectivity index (χ3n) is 3.97. The summed E-state index contributed by atoms with van der Waals surface area (Å²) in [7, 11) is 0. The first-order valence-electron chi connectivity index (χ1n) is 4.70. The van der Waals surface area contributed by atoms with E-state index >= 15 is 0 Å². The Balaban J connectivity index is 2.41. The maximum absolute atomic E-state index is 6.02. The van der Waals surface area contributed by atoms with E-state index in [0.717, 1.165) is 5.76 Å². The van der Waals surface area contributed by atoms with Crippen molar-refractivity contribution in [3.05, 3.63) is 10.8 Å². The summed E-state index contributed by atoms with van der Waals surface area (Å²) in [5, 5.41) is 4.16. The van der Waals surface area contributed by atoms with Crippen LogP contribution in [0.25, 0.3) is 0 Å². The Hall–Kier alpha value is -0.700. The molecule has 1 aliphatic carbocycles. The van der Waals surface area contributed by atoms with Crippen molar-refractivity contribution in [3.63, 3.8) is 0 Å². The zero-order valence-corrected chi connectivity index (χ0v) is 9.64. The van der Waals surface area contributed by atoms with Gasteiger partial charge in [0.1, 0.15) is 5.02 Å². The van der Waals surface area contributed by atoms with Crippen LogP contribution in [0.15, 0.2) is 4.52 Å². The molecule has 2 N–H and O–H groups in total. The van der Waals surface area contributed by atoms with Crippen molar-refractivity contribution >= 4 is 17.4 Å². The highest BCUT2D eigenvalue weighted by molar-refractivity contribution is 6.33. The fourth-order valence-corrected chi connectivity index (χ4v) is 2.51. The van der Waals surface area contributed by atoms with E-state index < -0.39 is 0 Å². The second kappa shape index (κ2) is 2.45. The van der Waals surface area contributed by atoms with Crippen molar-refractivity contribution in [1.82, 2.24) is 5.16 Å². The number of hydrogen-bond donors (Lipinski definition) is 1. The summed E-state index contributed by atoms with van der Waals surface area (Å²) >= 11 is 6.02. The normalized spacial score (nSPS) is 23.8. The Morgan fingerprint density at radius 2 is 1.79 bits per heavy atom. The zero-order valence-electron chi connectivity index (χ0n) is 8.89. The van der Waals surface area contributed by atoms with Gasteiger partial charge in [0.05, 0.1) is 0 Å². The van der Waals surface area contributed by atoms with E-state index in [9.17, 15) is 0 Å². The van der Waals surface area contributed by atoms with Crippen LogP contribution in [0, 0.1) is 10.8 Å². The average molecular weight is 215 g/mol. The Morgan fingerprint density at radius 3 is 2.07 bits per heavy atom. The largest absolute Gasteiger partial charge is 0.380 e. The Labute approximate surface area is 88.6 Å². The molecule has 1 aromatic heterocycles. The molecule has 1 aliphatic rings. The van der Waals surface area contributed by atoms with Crippen molar-refractivity contribution in [2.45, 2.75) is 33.6 Å². The highest BCUT2D eigenvalue weighted by atomic mass is 35.5. The lowest BCUT2D eigenvalue weighted by atomic mass is 10.0. The van der Waals surface area contributed by atoms with Gasteiger partial charge >= 0.3 is 0 Å². The molecule has 0 spiro atoms. The molecule has 78 valence electrons. The van der Waals surface area contributed by atoms with Crippen molar-refractivity contribution in [3.8, 4) is 0 Å². The minimum atomic E-state index is 0.197. The molecule has 1 fully saturated rings. The third-order valence-corrected chi connectivity index (χ3v) is 4.35. The van der Waals surface area contributed by atoms with E-state index in [4.69, 9.17) is 21.9 Å². The highest BCUT2D eigenvalue weighted by Gasteiger charge is 2.67. The fourth-order valence-electron chi connectivity index (χ4n) is 2.34. The van der Waals surface area contributed by atoms with Crippen LogP contribution in [-0.2, 0) is 0 Å². The van der Waals surface area contributed by atoms with Crippen LogP contribution in [0.5, 0.6) is 0 Å². The van der Waals surface area contributed by atoms with Crippen LogP contribution in [-0.4, -0.2) is 5.16 Å². The second-order valence-electron chi connectivity index (χ2n) is 5.12. The number of nitrogens with zero attached hydrogens (tertiary/aromatic N) is 1. The van der Waals surface area contributed by atoms with Gasteiger partial charge in [-0.15, -0.1) is 0 Å². The molecular formula is C10H15ClN2O. The quantitative estimate of drug-likeness (QED) is 0.782. The summed E-state index contributed by atoms with van der Waals surface area (Å²) < 4.78 is 5.18. The molecule has 3 nitrogen and oxygen atoms in total. The van der Waals surface area contributed by atoms with E-state index in [0.29, 0.717) is 16.8 Å². The van der Waals surface area contributed by atoms with Crippen molar-refractivity contribution in [1.29, 1.82) is 0 Å². The van der Waals surface area contributed by atoms with Gasteiger partial charge in [0, 0.05) is 5.92 Å². The molecule has 1 saturated carbocycles. The maximum atomic E-state index is 6.02. The summed E-state index contributed by atoms with van der Waals surface area (Å²) in [6.45, 7) is 8.80. The fraction of sp³-hybridized carbons (Fsp3) is 0.700. The number of hydrogen-bond acceptors (Lipinski definition) is 3. The van der Waals surface area contributed by atoms with Gasteiger partial charge in [-0.2, -0.15) is 0 Å². The lowest BCUT2D eigenvalue weighted by Crippen LogP contribution is -1.95. The summed E-state index contributed by atoms with van der Waals surface area (Å²) in [5.41, 5.74) is 5.94. The number of rotatable bonds is 1. The van der Waals surface area contributed by atoms with E-state index in [2.05, 4.69) is 32.9 Å². The lowest BCUT2D eigenvalue weighted by Gasteiger charge is -2.03. The van der Waals surface area contributed by atoms with E-state index in [-0.39, 0.29) is 10.8 Å². The van der Waals surface area contributed by atoms with Crippen LogP contribution >= 0.6 is 11.6 Å². The van der Waals surface area contributed by atoms with E-state index in [1.165, 1.54) is 0 Å². The Kier molecular flexibility index (Phi) is 1.72. The summed E-state index contributed by atoms with van der Waals surface area (Å²) in [6.07, 6.45) is 0. The topological polar surface area (TPSA) is 52.0 Å². The minimum absolute atomic E-state index is 0.197. The molecule has 1 aromatic rings. The van der Waals surface area contributed by atoms with E-state index in [1.54, 1.807) is 0 Å². The van der Waals surface area contributed by atoms with Gasteiger partial charge < -0.3 is 10.3 Å². The van der Waals surface area contributed by atoms with E-state index in [1.807, 2.05) is 0 Å². The molecule has 0 saturated heterocycles. The van der Waals surface area contributed by atoms with Gasteiger partial charge in [0.15, 0.2) is 11.6 Å². The first-order chi connectivity index (χ1) is 6.30. The molecule has 0 unspecified atom stereocenters. The molecule has 4 heteroatoms. The maximum Gasteiger partial charge on any atom is 0.186 e. The molecule has 0 atom stereocenters. The van der Waals surface area contributed by atoms with Crippen LogP contribution < -0.4 is 5.73 Å². The monoisotopic (exact) mass is 214 g/mol. The standard InChI is InChI=1S/C10H15ClN2O/c1-9(2)7(10(9,3)4)6-5(11)8(12)13-14-6/h7H,1-4H3,(H2,12,13). The highest BCUT2D eigenvalue weighted by Crippen LogP contribution is 2.74. The number of nitrogens with two attached hydrogens (primary N) is 1. The number of nitrogen functional groups attached to an aromatic ring is 1. The molecule has 0 aliphatic heterocycles. The summed E-state index contributed by atoms with van der Waals surface area (Å²) in [5.74, 6) is 1.34. The van der Waals surface area contributed by atoms with Gasteiger partial charge in [-0.3, -0.25) is 0 Å². The van der Waals surface area contributed by atoms with Gasteiger partial charge in [0.25, 0.3) is 0 Å². The second-order valence-corrected chi connectivity index (χ2v) is 5.50. The van der Waals surface area contributed by atoms with Gasteiger partial charge in [0.2, 0.25) is 0 Å². The number of aromatic nitrogens is 1. The average Bonchev–Trinajstić information content (AvgIpc) is 2.36. The number of halogens is 1. The van der Waals surface area contributed by atoms with Gasteiger partial charge in [-0.05, 0) is 10.8 Å². The first-order valence-corrected chi connectivity index (χ1v) is 5.08. The predicted molar refractivity (Wildman–Crippen MR) is 56.2 cm³/mol. The Bertz CT molecular complexity index is 367. The number of anilines is 1. The molecule has 1 heterocycles. The van der Waals surface area contributed by atoms with Gasteiger partial charge in [-0.25, -0.2) is 0 Å². The molecule has 0 bridgehead atoms. The minimum Gasteiger partial charge on any atom is -0.380 e. The summed E-state index contributed by atoms with van der Waals surface area (Å²) in [4.78, 5) is 0. The molecule has 2 rings (SSSR count). The molecule has 0 aromatic carbocycles. The van der Waals surface area contributed by atoms with Crippen LogP contribution in [0.3, 0.4) is 0 Å². The Morgan fingerprint density at radius 1 is 1.29 bits per heavy atom. The molecule has 0 radical (unpaired) electrons. The van der Waals surface area contributed by atoms with Crippen LogP contribution in [0.4, 0.5) is 5.82 Å². The van der Waals surface area contributed by atoms with Crippen molar-refractivity contribution < 1.29 is 4.52 Å². The van der Waals surface area contributed by atoms with Crippen molar-refractivity contribution in [2.75, 3.05) is 5.73 Å². The summed E-state index contributed by atoms with van der Waals surface area (Å²) in [6, 6.07) is 0. The van der Waals surface area contributed by atoms with Crippen molar-refractivity contribution in [2.24, 2.45) is 10.8 Å². The first kappa shape index (κ1) is 9.84. The SMILES string of the molecule is CC1(C)C(c2onc(N)c2Cl)C1(C)C. The smallest absolute Gasteiger partial charge is 0.186 e. The third kappa shape index (κ3) is 0.962. The molecular weight excluding hydrogens is 200 g/mol. The molecule has 0 amide bonds. The predicted octanol–water partition coefficient (Wildman–Crippen LogP) is 3.06.